The van der Waals surface area contributed by atoms with Crippen molar-refractivity contribution in [3.05, 3.63) is 35.4 Å². The van der Waals surface area contributed by atoms with Gasteiger partial charge in [0.2, 0.25) is 0 Å². The Kier molecular flexibility index (Phi) is 6.25. The number of guanidine groups is 1. The summed E-state index contributed by atoms with van der Waals surface area (Å²) in [5.41, 5.74) is 2.53. The third-order valence-corrected chi connectivity index (χ3v) is 4.27. The zero-order valence-electron chi connectivity index (χ0n) is 14.4. The highest BCUT2D eigenvalue weighted by atomic mass is 15.2. The molecule has 1 unspecified atom stereocenters. The Morgan fingerprint density at radius 3 is 2.55 bits per heavy atom. The highest BCUT2D eigenvalue weighted by Crippen LogP contribution is 2.26. The zero-order chi connectivity index (χ0) is 15.9. The lowest BCUT2D eigenvalue weighted by Crippen LogP contribution is -2.45. The van der Waals surface area contributed by atoms with Crippen molar-refractivity contribution in [2.75, 3.05) is 20.1 Å². The highest BCUT2D eigenvalue weighted by Gasteiger charge is 2.28. The van der Waals surface area contributed by atoms with Crippen LogP contribution in [0.25, 0.3) is 0 Å². The molecule has 0 radical (unpaired) electrons. The average molecular weight is 302 g/mol. The van der Waals surface area contributed by atoms with Crippen LogP contribution in [0.2, 0.25) is 0 Å². The number of aryl methyl sites for hydroxylation is 1. The van der Waals surface area contributed by atoms with Gasteiger partial charge in [-0.3, -0.25) is 4.90 Å². The molecule has 22 heavy (non-hydrogen) atoms. The smallest absolute Gasteiger partial charge is 0.191 e. The van der Waals surface area contributed by atoms with E-state index in [-0.39, 0.29) is 0 Å². The van der Waals surface area contributed by atoms with Gasteiger partial charge in [-0.15, -0.1) is 0 Å². The van der Waals surface area contributed by atoms with E-state index in [2.05, 4.69) is 72.6 Å². The lowest BCUT2D eigenvalue weighted by atomic mass is 10.1. The van der Waals surface area contributed by atoms with Crippen LogP contribution in [0.1, 0.15) is 37.8 Å². The van der Waals surface area contributed by atoms with Gasteiger partial charge in [-0.1, -0.05) is 29.8 Å². The topological polar surface area (TPSA) is 39.7 Å². The van der Waals surface area contributed by atoms with Gasteiger partial charge in [0.25, 0.3) is 0 Å². The fourth-order valence-corrected chi connectivity index (χ4v) is 2.44. The normalized spacial score (nSPS) is 16.7. The molecule has 1 aliphatic carbocycles. The van der Waals surface area contributed by atoms with Crippen molar-refractivity contribution >= 4 is 5.96 Å². The summed E-state index contributed by atoms with van der Waals surface area (Å²) in [4.78, 5) is 7.15. The maximum atomic E-state index is 4.68. The monoisotopic (exact) mass is 302 g/mol. The predicted molar refractivity (Wildman–Crippen MR) is 94.2 cm³/mol. The first-order valence-corrected chi connectivity index (χ1v) is 8.39. The van der Waals surface area contributed by atoms with E-state index in [0.717, 1.165) is 25.1 Å². The fourth-order valence-electron chi connectivity index (χ4n) is 2.44. The van der Waals surface area contributed by atoms with Gasteiger partial charge in [0.1, 0.15) is 0 Å². The van der Waals surface area contributed by atoms with E-state index in [9.17, 15) is 0 Å². The lowest BCUT2D eigenvalue weighted by Gasteiger charge is -2.25. The van der Waals surface area contributed by atoms with E-state index in [1.807, 2.05) is 0 Å². The third kappa shape index (κ3) is 5.34. The fraction of sp³-hybridized carbons (Fsp3) is 0.611. The average Bonchev–Trinajstić information content (AvgIpc) is 3.35. The first kappa shape index (κ1) is 16.8. The molecule has 4 heteroatoms. The second kappa shape index (κ2) is 8.18. The van der Waals surface area contributed by atoms with Crippen molar-refractivity contribution in [3.8, 4) is 0 Å². The quantitative estimate of drug-likeness (QED) is 0.600. The zero-order valence-corrected chi connectivity index (χ0v) is 14.4. The number of nitrogens with one attached hydrogen (secondary N) is 2. The molecule has 1 atom stereocenters. The number of aliphatic imine (C=N–C) groups is 1. The summed E-state index contributed by atoms with van der Waals surface area (Å²) in [5, 5.41) is 6.79. The third-order valence-electron chi connectivity index (χ3n) is 4.27. The first-order chi connectivity index (χ1) is 10.6. The van der Waals surface area contributed by atoms with E-state index in [4.69, 9.17) is 0 Å². The van der Waals surface area contributed by atoms with Gasteiger partial charge in [-0.05, 0) is 46.2 Å². The number of benzene rings is 1. The summed E-state index contributed by atoms with van der Waals surface area (Å²) in [6.07, 6.45) is 2.70. The molecule has 0 aromatic heterocycles. The number of nitrogens with zero attached hydrogens (tertiary/aromatic N) is 2. The van der Waals surface area contributed by atoms with Crippen molar-refractivity contribution < 1.29 is 0 Å². The van der Waals surface area contributed by atoms with Gasteiger partial charge in [-0.25, -0.2) is 4.99 Å². The molecule has 0 spiro atoms. The molecular weight excluding hydrogens is 272 g/mol. The van der Waals surface area contributed by atoms with Crippen LogP contribution in [-0.2, 0) is 6.54 Å². The summed E-state index contributed by atoms with van der Waals surface area (Å²) < 4.78 is 0. The Labute approximate surface area is 135 Å². The predicted octanol–water partition coefficient (Wildman–Crippen LogP) is 2.53. The van der Waals surface area contributed by atoms with Crippen LogP contribution in [0.4, 0.5) is 0 Å². The van der Waals surface area contributed by atoms with Crippen LogP contribution in [0, 0.1) is 6.92 Å². The number of likely N-dealkylation sites (N-methyl/N-ethyl adjacent to an activating group) is 1. The Morgan fingerprint density at radius 2 is 1.95 bits per heavy atom. The Hall–Kier alpha value is -1.55. The molecule has 0 bridgehead atoms. The molecule has 1 saturated carbocycles. The molecule has 122 valence electrons. The van der Waals surface area contributed by atoms with Gasteiger partial charge >= 0.3 is 0 Å². The number of hydrogen-bond acceptors (Lipinski definition) is 2. The molecule has 2 rings (SSSR count). The Balaban J connectivity index is 1.84. The molecule has 1 aliphatic rings. The molecule has 1 aromatic carbocycles. The second-order valence-corrected chi connectivity index (χ2v) is 6.31. The van der Waals surface area contributed by atoms with Crippen LogP contribution >= 0.6 is 0 Å². The summed E-state index contributed by atoms with van der Waals surface area (Å²) in [6.45, 7) is 9.00. The van der Waals surface area contributed by atoms with Crippen LogP contribution in [-0.4, -0.2) is 43.1 Å². The van der Waals surface area contributed by atoms with Gasteiger partial charge in [0.15, 0.2) is 5.96 Å². The molecule has 0 amide bonds. The summed E-state index contributed by atoms with van der Waals surface area (Å²) >= 11 is 0. The van der Waals surface area contributed by atoms with Crippen molar-refractivity contribution in [1.82, 2.24) is 15.5 Å². The SMILES string of the molecule is CCNC(=NCc1ccc(C)cc1)NCC(C)N(C)C1CC1. The molecule has 2 N–H and O–H groups in total. The first-order valence-electron chi connectivity index (χ1n) is 8.39. The van der Waals surface area contributed by atoms with E-state index in [1.54, 1.807) is 0 Å². The van der Waals surface area contributed by atoms with E-state index in [1.165, 1.54) is 24.0 Å². The van der Waals surface area contributed by atoms with Gasteiger partial charge in [0, 0.05) is 25.2 Å². The Morgan fingerprint density at radius 1 is 1.27 bits per heavy atom. The molecule has 0 saturated heterocycles. The number of rotatable bonds is 7. The van der Waals surface area contributed by atoms with Crippen LogP contribution in [0.15, 0.2) is 29.3 Å². The highest BCUT2D eigenvalue weighted by molar-refractivity contribution is 5.79. The largest absolute Gasteiger partial charge is 0.357 e. The second-order valence-electron chi connectivity index (χ2n) is 6.31. The maximum absolute atomic E-state index is 4.68. The molecule has 4 nitrogen and oxygen atoms in total. The minimum Gasteiger partial charge on any atom is -0.357 e. The standard InChI is InChI=1S/C18H30N4/c1-5-19-18(20-12-15(3)22(4)17-10-11-17)21-13-16-8-6-14(2)7-9-16/h6-9,15,17H,5,10-13H2,1-4H3,(H2,19,20,21). The van der Waals surface area contributed by atoms with E-state index >= 15 is 0 Å². The number of hydrogen-bond donors (Lipinski definition) is 2. The minimum absolute atomic E-state index is 0.524. The van der Waals surface area contributed by atoms with Gasteiger partial charge in [-0.2, -0.15) is 0 Å². The molecule has 1 fully saturated rings. The van der Waals surface area contributed by atoms with Gasteiger partial charge < -0.3 is 10.6 Å². The molecular formula is C18H30N4. The van der Waals surface area contributed by atoms with Crippen LogP contribution in [0.3, 0.4) is 0 Å². The summed E-state index contributed by atoms with van der Waals surface area (Å²) in [5.74, 6) is 0.902. The van der Waals surface area contributed by atoms with Crippen molar-refractivity contribution in [2.45, 2.75) is 52.2 Å². The van der Waals surface area contributed by atoms with E-state index < -0.39 is 0 Å². The molecule has 1 aromatic rings. The molecule has 0 heterocycles. The van der Waals surface area contributed by atoms with Crippen molar-refractivity contribution in [1.29, 1.82) is 0 Å². The Bertz CT molecular complexity index is 476. The van der Waals surface area contributed by atoms with Crippen molar-refractivity contribution in [2.24, 2.45) is 4.99 Å². The van der Waals surface area contributed by atoms with Crippen molar-refractivity contribution in [3.63, 3.8) is 0 Å². The van der Waals surface area contributed by atoms with Crippen LogP contribution < -0.4 is 10.6 Å². The summed E-state index contributed by atoms with van der Waals surface area (Å²) in [7, 11) is 2.22. The van der Waals surface area contributed by atoms with Gasteiger partial charge in [0.05, 0.1) is 6.54 Å². The molecule has 0 aliphatic heterocycles. The summed E-state index contributed by atoms with van der Waals surface area (Å²) in [6, 6.07) is 9.88. The lowest BCUT2D eigenvalue weighted by molar-refractivity contribution is 0.247. The minimum atomic E-state index is 0.524. The van der Waals surface area contributed by atoms with E-state index in [0.29, 0.717) is 12.6 Å². The maximum Gasteiger partial charge on any atom is 0.191 e. The van der Waals surface area contributed by atoms with Crippen LogP contribution in [0.5, 0.6) is 0 Å².